The van der Waals surface area contributed by atoms with Gasteiger partial charge in [-0.05, 0) is 70.7 Å². The van der Waals surface area contributed by atoms with Crippen LogP contribution in [-0.4, -0.2) is 66.5 Å². The van der Waals surface area contributed by atoms with Crippen LogP contribution in [0.2, 0.25) is 0 Å². The van der Waals surface area contributed by atoms with E-state index in [1.54, 1.807) is 6.07 Å². The SMILES string of the molecule is Cc1cc(Cc2cc(C)cc(C(C)(C)C)c2OC(=O)c2ccc(-c3cccc(C(=O)O)c3C(=O)O)c(-c3cccc(C(=O)O)c3C(=O)O)c2C(=O)O)c(O)c(C(C)(C)C)c1. The second-order valence-electron chi connectivity index (χ2n) is 16.6. The second kappa shape index (κ2) is 16.2. The molecule has 13 nitrogen and oxygen atoms in total. The fourth-order valence-corrected chi connectivity index (χ4v) is 7.42. The summed E-state index contributed by atoms with van der Waals surface area (Å²) in [6.07, 6.45) is 0.0851. The molecule has 0 atom stereocenters. The summed E-state index contributed by atoms with van der Waals surface area (Å²) in [7, 11) is 0. The number of phenolic OH excluding ortho intramolecular Hbond substituents is 1. The molecule has 5 aromatic rings. The van der Waals surface area contributed by atoms with Crippen LogP contribution in [0.1, 0.15) is 137 Å². The number of carbonyl (C=O) groups is 6. The molecule has 0 bridgehead atoms. The number of rotatable bonds is 11. The molecule has 0 saturated carbocycles. The first-order chi connectivity index (χ1) is 27.8. The summed E-state index contributed by atoms with van der Waals surface area (Å²) in [6, 6.07) is 16.1. The molecule has 0 amide bonds. The van der Waals surface area contributed by atoms with E-state index in [0.29, 0.717) is 22.3 Å². The number of phenols is 1. The molecular weight excluding hydrogens is 773 g/mol. The molecule has 0 aliphatic carbocycles. The Balaban J connectivity index is 1.87. The minimum absolute atomic E-state index is 0.0584. The van der Waals surface area contributed by atoms with Gasteiger partial charge in [-0.2, -0.15) is 0 Å². The van der Waals surface area contributed by atoms with Crippen LogP contribution >= 0.6 is 0 Å². The Morgan fingerprint density at radius 3 is 1.47 bits per heavy atom. The van der Waals surface area contributed by atoms with Crippen LogP contribution in [0.3, 0.4) is 0 Å². The molecule has 0 aliphatic rings. The monoisotopic (exact) mass is 816 g/mol. The number of aromatic hydroxyl groups is 1. The van der Waals surface area contributed by atoms with E-state index in [-0.39, 0.29) is 29.0 Å². The molecule has 310 valence electrons. The molecule has 6 N–H and O–H groups in total. The zero-order valence-electron chi connectivity index (χ0n) is 34.2. The Hall–Kier alpha value is -7.28. The van der Waals surface area contributed by atoms with Gasteiger partial charge in [0.2, 0.25) is 0 Å². The Labute approximate surface area is 345 Å². The molecule has 0 radical (unpaired) electrons. The highest BCUT2D eigenvalue weighted by Gasteiger charge is 2.34. The van der Waals surface area contributed by atoms with E-state index < -0.39 is 91.2 Å². The number of aromatic carboxylic acids is 5. The number of hydrogen-bond acceptors (Lipinski definition) is 8. The Morgan fingerprint density at radius 1 is 0.517 bits per heavy atom. The standard InChI is InChI=1S/C47H44O13/c1-22-17-24(38(48)32(19-22)46(3,4)5)21-25-18-23(2)20-33(47(6,7)8)39(25)60-45(59)31-16-15-27(26-11-9-13-29(40(49)50)35(26)42(53)54)34(37(31)44(57)58)28-12-10-14-30(41(51)52)36(28)43(55)56/h9-20,48H,21H2,1-8H3,(H,49,50)(H,51,52)(H,53,54)(H,55,56)(H,57,58). The van der Waals surface area contributed by atoms with Gasteiger partial charge in [0.25, 0.3) is 0 Å². The van der Waals surface area contributed by atoms with Gasteiger partial charge in [-0.25, -0.2) is 28.8 Å². The maximum absolute atomic E-state index is 14.6. The second-order valence-corrected chi connectivity index (χ2v) is 16.6. The molecule has 0 aromatic heterocycles. The third-order valence-corrected chi connectivity index (χ3v) is 10.1. The number of carboxylic acid groups (broad SMARTS) is 5. The fraction of sp³-hybridized carbons (Fsp3) is 0.234. The first-order valence-corrected chi connectivity index (χ1v) is 18.6. The van der Waals surface area contributed by atoms with Gasteiger partial charge >= 0.3 is 35.8 Å². The quantitative estimate of drug-likeness (QED) is 0.0540. The summed E-state index contributed by atoms with van der Waals surface area (Å²) in [4.78, 5) is 78.1. The molecule has 13 heteroatoms. The van der Waals surface area contributed by atoms with E-state index in [0.717, 1.165) is 47.5 Å². The summed E-state index contributed by atoms with van der Waals surface area (Å²) >= 11 is 0. The molecule has 0 fully saturated rings. The zero-order chi connectivity index (χ0) is 44.8. The first kappa shape index (κ1) is 43.8. The largest absolute Gasteiger partial charge is 0.507 e. The highest BCUT2D eigenvalue weighted by Crippen LogP contribution is 2.44. The van der Waals surface area contributed by atoms with Crippen molar-refractivity contribution >= 4 is 35.8 Å². The van der Waals surface area contributed by atoms with Gasteiger partial charge in [-0.15, -0.1) is 0 Å². The number of aryl methyl sites for hydroxylation is 2. The first-order valence-electron chi connectivity index (χ1n) is 18.6. The topological polar surface area (TPSA) is 233 Å². The highest BCUT2D eigenvalue weighted by molar-refractivity contribution is 6.16. The van der Waals surface area contributed by atoms with E-state index in [2.05, 4.69) is 0 Å². The van der Waals surface area contributed by atoms with Crippen molar-refractivity contribution in [1.82, 2.24) is 0 Å². The van der Waals surface area contributed by atoms with Crippen LogP contribution in [0.25, 0.3) is 22.3 Å². The minimum atomic E-state index is -1.80. The Morgan fingerprint density at radius 2 is 0.983 bits per heavy atom. The van der Waals surface area contributed by atoms with E-state index in [1.165, 1.54) is 12.1 Å². The third kappa shape index (κ3) is 8.46. The molecule has 0 unspecified atom stereocenters. The number of ether oxygens (including phenoxy) is 1. The number of carboxylic acids is 5. The van der Waals surface area contributed by atoms with Crippen LogP contribution < -0.4 is 4.74 Å². The van der Waals surface area contributed by atoms with Gasteiger partial charge in [0.15, 0.2) is 0 Å². The number of carbonyl (C=O) groups excluding carboxylic acids is 1. The lowest BCUT2D eigenvalue weighted by molar-refractivity contribution is 0.0651. The predicted molar refractivity (Wildman–Crippen MR) is 221 cm³/mol. The van der Waals surface area contributed by atoms with Crippen LogP contribution in [0.4, 0.5) is 0 Å². The van der Waals surface area contributed by atoms with Crippen LogP contribution in [0.5, 0.6) is 11.5 Å². The van der Waals surface area contributed by atoms with Gasteiger partial charge < -0.3 is 35.4 Å². The van der Waals surface area contributed by atoms with Crippen molar-refractivity contribution in [2.45, 2.75) is 72.6 Å². The van der Waals surface area contributed by atoms with Gasteiger partial charge in [-0.1, -0.05) is 107 Å². The summed E-state index contributed by atoms with van der Waals surface area (Å²) in [5.74, 6) is -9.72. The van der Waals surface area contributed by atoms with Crippen LogP contribution in [0, 0.1) is 13.8 Å². The van der Waals surface area contributed by atoms with Gasteiger partial charge in [0.05, 0.1) is 33.4 Å². The fourth-order valence-electron chi connectivity index (χ4n) is 7.42. The van der Waals surface area contributed by atoms with E-state index in [4.69, 9.17) is 4.74 Å². The van der Waals surface area contributed by atoms with E-state index in [9.17, 15) is 59.4 Å². The van der Waals surface area contributed by atoms with Crippen LogP contribution in [-0.2, 0) is 17.3 Å². The summed E-state index contributed by atoms with van der Waals surface area (Å²) in [5.41, 5.74) is -3.52. The number of hydrogen-bond donors (Lipinski definition) is 6. The van der Waals surface area contributed by atoms with Crippen molar-refractivity contribution in [3.63, 3.8) is 0 Å². The van der Waals surface area contributed by atoms with E-state index >= 15 is 0 Å². The number of esters is 1. The smallest absolute Gasteiger partial charge is 0.344 e. The third-order valence-electron chi connectivity index (χ3n) is 10.1. The summed E-state index contributed by atoms with van der Waals surface area (Å²) < 4.78 is 6.20. The van der Waals surface area contributed by atoms with Crippen molar-refractivity contribution in [3.05, 3.63) is 140 Å². The maximum Gasteiger partial charge on any atom is 0.344 e. The molecule has 5 rings (SSSR count). The van der Waals surface area contributed by atoms with Gasteiger partial charge in [0.1, 0.15) is 11.5 Å². The molecule has 5 aromatic carbocycles. The lowest BCUT2D eigenvalue weighted by Crippen LogP contribution is -2.21. The molecule has 0 heterocycles. The molecule has 0 spiro atoms. The Bertz CT molecular complexity index is 2650. The Kier molecular flexibility index (Phi) is 11.8. The normalized spacial score (nSPS) is 11.5. The predicted octanol–water partition coefficient (Wildman–Crippen LogP) is 9.24. The van der Waals surface area contributed by atoms with Crippen LogP contribution in [0.15, 0.2) is 72.8 Å². The molecule has 0 saturated heterocycles. The van der Waals surface area contributed by atoms with E-state index in [1.807, 2.05) is 73.6 Å². The summed E-state index contributed by atoms with van der Waals surface area (Å²) in [6.45, 7) is 15.3. The van der Waals surface area contributed by atoms with Crippen molar-refractivity contribution < 1.29 is 64.1 Å². The lowest BCUT2D eigenvalue weighted by atomic mass is 9.81. The van der Waals surface area contributed by atoms with Crippen molar-refractivity contribution in [3.8, 4) is 33.8 Å². The van der Waals surface area contributed by atoms with Gasteiger partial charge in [-0.3, -0.25) is 0 Å². The zero-order valence-corrected chi connectivity index (χ0v) is 34.2. The van der Waals surface area contributed by atoms with Crippen molar-refractivity contribution in [1.29, 1.82) is 0 Å². The average Bonchev–Trinajstić information content (AvgIpc) is 3.14. The average molecular weight is 817 g/mol. The highest BCUT2D eigenvalue weighted by atomic mass is 16.5. The van der Waals surface area contributed by atoms with Crippen molar-refractivity contribution in [2.24, 2.45) is 0 Å². The molecular formula is C47H44O13. The summed E-state index contributed by atoms with van der Waals surface area (Å²) in [5, 5.41) is 63.0. The molecule has 0 aliphatic heterocycles. The molecule has 60 heavy (non-hydrogen) atoms. The number of benzene rings is 5. The lowest BCUT2D eigenvalue weighted by Gasteiger charge is -2.27. The van der Waals surface area contributed by atoms with Crippen molar-refractivity contribution in [2.75, 3.05) is 0 Å². The van der Waals surface area contributed by atoms with Gasteiger partial charge in [0, 0.05) is 23.1 Å². The minimum Gasteiger partial charge on any atom is -0.507 e. The maximum atomic E-state index is 14.6.